The predicted molar refractivity (Wildman–Crippen MR) is 87.8 cm³/mol. The highest BCUT2D eigenvalue weighted by molar-refractivity contribution is 5.33. The summed E-state index contributed by atoms with van der Waals surface area (Å²) in [5.41, 5.74) is -0.132. The average Bonchev–Trinajstić information content (AvgIpc) is 3.05. The van der Waals surface area contributed by atoms with E-state index < -0.39 is 12.0 Å². The number of rotatable bonds is 5. The van der Waals surface area contributed by atoms with E-state index in [1.54, 1.807) is 25.4 Å². The second kappa shape index (κ2) is 6.53. The molecule has 1 unspecified atom stereocenters. The summed E-state index contributed by atoms with van der Waals surface area (Å²) >= 11 is 0. The highest BCUT2D eigenvalue weighted by Gasteiger charge is 2.31. The number of aromatic nitrogens is 2. The zero-order chi connectivity index (χ0) is 17.2. The quantitative estimate of drug-likeness (QED) is 0.765. The molecular weight excluding hydrogens is 310 g/mol. The third kappa shape index (κ3) is 3.21. The molecule has 1 N–H and O–H groups in total. The molecule has 0 aliphatic heterocycles. The molecule has 0 aliphatic rings. The van der Waals surface area contributed by atoms with Crippen LogP contribution in [0.25, 0.3) is 0 Å². The van der Waals surface area contributed by atoms with Crippen molar-refractivity contribution in [2.24, 2.45) is 0 Å². The maximum Gasteiger partial charge on any atom is 0.263 e. The number of halogens is 2. The monoisotopic (exact) mass is 328 g/mol. The first-order valence-corrected chi connectivity index (χ1v) is 7.65. The number of alkyl halides is 2. The summed E-state index contributed by atoms with van der Waals surface area (Å²) in [6.07, 6.45) is 0.794. The third-order valence-electron chi connectivity index (χ3n) is 4.05. The fourth-order valence-electron chi connectivity index (χ4n) is 2.75. The van der Waals surface area contributed by atoms with Crippen LogP contribution >= 0.6 is 0 Å². The minimum absolute atomic E-state index is 0.117. The van der Waals surface area contributed by atoms with Gasteiger partial charge in [-0.25, -0.2) is 13.8 Å². The number of aliphatic hydroxyl groups is 1. The van der Waals surface area contributed by atoms with Crippen LogP contribution in [0.1, 0.15) is 35.9 Å². The number of nitrogens with zero attached hydrogens (tertiary/aromatic N) is 2. The molecule has 24 heavy (non-hydrogen) atoms. The van der Waals surface area contributed by atoms with Gasteiger partial charge in [0.1, 0.15) is 11.4 Å². The van der Waals surface area contributed by atoms with Gasteiger partial charge in [-0.15, -0.1) is 0 Å². The highest BCUT2D eigenvalue weighted by atomic mass is 19.3. The van der Waals surface area contributed by atoms with Crippen LogP contribution < -0.4 is 0 Å². The summed E-state index contributed by atoms with van der Waals surface area (Å²) < 4.78 is 27.7. The molecule has 3 nitrogen and oxygen atoms in total. The van der Waals surface area contributed by atoms with Gasteiger partial charge >= 0.3 is 0 Å². The molecule has 0 fully saturated rings. The average molecular weight is 328 g/mol. The molecule has 1 heterocycles. The SMILES string of the molecule is CC(O)(c1cccc(C(F)F)c1)c1nccn1Cc1ccccc1. The zero-order valence-corrected chi connectivity index (χ0v) is 13.2. The number of hydrogen-bond donors (Lipinski definition) is 1. The smallest absolute Gasteiger partial charge is 0.263 e. The highest BCUT2D eigenvalue weighted by Crippen LogP contribution is 2.31. The third-order valence-corrected chi connectivity index (χ3v) is 4.05. The molecule has 5 heteroatoms. The van der Waals surface area contributed by atoms with Gasteiger partial charge in [-0.2, -0.15) is 0 Å². The Hall–Kier alpha value is -2.53. The van der Waals surface area contributed by atoms with Gasteiger partial charge in [0, 0.05) is 24.5 Å². The van der Waals surface area contributed by atoms with E-state index in [1.807, 2.05) is 34.9 Å². The van der Waals surface area contributed by atoms with E-state index in [1.165, 1.54) is 18.2 Å². The van der Waals surface area contributed by atoms with Crippen LogP contribution in [0.3, 0.4) is 0 Å². The van der Waals surface area contributed by atoms with Gasteiger partial charge in [0.25, 0.3) is 6.43 Å². The topological polar surface area (TPSA) is 38.1 Å². The lowest BCUT2D eigenvalue weighted by molar-refractivity contribution is 0.0877. The summed E-state index contributed by atoms with van der Waals surface area (Å²) in [4.78, 5) is 4.26. The van der Waals surface area contributed by atoms with Gasteiger partial charge in [0.2, 0.25) is 0 Å². The van der Waals surface area contributed by atoms with Gasteiger partial charge in [0.15, 0.2) is 0 Å². The second-order valence-corrected chi connectivity index (χ2v) is 5.86. The first-order chi connectivity index (χ1) is 11.5. The van der Waals surface area contributed by atoms with E-state index in [9.17, 15) is 13.9 Å². The van der Waals surface area contributed by atoms with E-state index >= 15 is 0 Å². The fourth-order valence-corrected chi connectivity index (χ4v) is 2.75. The molecule has 0 saturated carbocycles. The first-order valence-electron chi connectivity index (χ1n) is 7.65. The maximum atomic E-state index is 12.9. The molecule has 0 radical (unpaired) electrons. The van der Waals surface area contributed by atoms with E-state index in [4.69, 9.17) is 0 Å². The lowest BCUT2D eigenvalue weighted by atomic mass is 9.93. The molecule has 0 aliphatic carbocycles. The molecule has 0 amide bonds. The molecular formula is C19H18F2N2O. The van der Waals surface area contributed by atoms with Gasteiger partial charge in [0.05, 0.1) is 0 Å². The van der Waals surface area contributed by atoms with Gasteiger partial charge in [-0.1, -0.05) is 48.5 Å². The van der Waals surface area contributed by atoms with Crippen LogP contribution in [0.4, 0.5) is 8.78 Å². The largest absolute Gasteiger partial charge is 0.377 e. The zero-order valence-electron chi connectivity index (χ0n) is 13.2. The molecule has 3 aromatic rings. The van der Waals surface area contributed by atoms with Crippen molar-refractivity contribution in [3.8, 4) is 0 Å². The maximum absolute atomic E-state index is 12.9. The Labute approximate surface area is 139 Å². The van der Waals surface area contributed by atoms with Crippen molar-refractivity contribution in [1.29, 1.82) is 0 Å². The van der Waals surface area contributed by atoms with Crippen molar-refractivity contribution < 1.29 is 13.9 Å². The molecule has 0 bridgehead atoms. The predicted octanol–water partition coefficient (Wildman–Crippen LogP) is 4.12. The van der Waals surface area contributed by atoms with Crippen LogP contribution in [0, 0.1) is 0 Å². The van der Waals surface area contributed by atoms with Crippen molar-refractivity contribution in [3.63, 3.8) is 0 Å². The lowest BCUT2D eigenvalue weighted by Gasteiger charge is -2.25. The molecule has 124 valence electrons. The normalized spacial score (nSPS) is 13.9. The number of imidazole rings is 1. The van der Waals surface area contributed by atoms with Crippen LogP contribution in [0.5, 0.6) is 0 Å². The molecule has 1 aromatic heterocycles. The van der Waals surface area contributed by atoms with E-state index in [2.05, 4.69) is 4.98 Å². The Bertz CT molecular complexity index is 813. The minimum Gasteiger partial charge on any atom is -0.377 e. The Balaban J connectivity index is 1.96. The van der Waals surface area contributed by atoms with Crippen molar-refractivity contribution in [2.45, 2.75) is 25.5 Å². The Kier molecular flexibility index (Phi) is 4.44. The standard InChI is InChI=1S/C19H18F2N2O/c1-19(24,16-9-5-8-15(12-16)17(20)21)18-22-10-11-23(18)13-14-6-3-2-4-7-14/h2-12,17,24H,13H2,1H3. The molecule has 2 aromatic carbocycles. The molecule has 3 rings (SSSR count). The van der Waals surface area contributed by atoms with Crippen LogP contribution in [0.2, 0.25) is 0 Å². The van der Waals surface area contributed by atoms with Crippen LogP contribution in [-0.4, -0.2) is 14.7 Å². The number of hydrogen-bond acceptors (Lipinski definition) is 2. The molecule has 0 spiro atoms. The summed E-state index contributed by atoms with van der Waals surface area (Å²) in [6.45, 7) is 2.11. The van der Waals surface area contributed by atoms with E-state index in [0.717, 1.165) is 5.56 Å². The summed E-state index contributed by atoms with van der Waals surface area (Å²) in [7, 11) is 0. The number of benzene rings is 2. The molecule has 0 saturated heterocycles. The fraction of sp³-hybridized carbons (Fsp3) is 0.211. The Morgan fingerprint density at radius 3 is 2.58 bits per heavy atom. The van der Waals surface area contributed by atoms with Gasteiger partial charge in [-0.3, -0.25) is 0 Å². The van der Waals surface area contributed by atoms with Crippen molar-refractivity contribution >= 4 is 0 Å². The van der Waals surface area contributed by atoms with Crippen molar-refractivity contribution in [2.75, 3.05) is 0 Å². The lowest BCUT2D eigenvalue weighted by Crippen LogP contribution is -2.28. The summed E-state index contributed by atoms with van der Waals surface area (Å²) in [5, 5.41) is 11.0. The van der Waals surface area contributed by atoms with Crippen molar-refractivity contribution in [3.05, 3.63) is 89.5 Å². The summed E-state index contributed by atoms with van der Waals surface area (Å²) in [6, 6.07) is 15.6. The molecule has 1 atom stereocenters. The van der Waals surface area contributed by atoms with Crippen LogP contribution in [-0.2, 0) is 12.1 Å². The van der Waals surface area contributed by atoms with E-state index in [-0.39, 0.29) is 5.56 Å². The van der Waals surface area contributed by atoms with E-state index in [0.29, 0.717) is 17.9 Å². The first kappa shape index (κ1) is 16.3. The Morgan fingerprint density at radius 2 is 1.88 bits per heavy atom. The Morgan fingerprint density at radius 1 is 1.12 bits per heavy atom. The van der Waals surface area contributed by atoms with Crippen LogP contribution in [0.15, 0.2) is 67.0 Å². The van der Waals surface area contributed by atoms with Crippen molar-refractivity contribution in [1.82, 2.24) is 9.55 Å². The van der Waals surface area contributed by atoms with Gasteiger partial charge < -0.3 is 9.67 Å². The van der Waals surface area contributed by atoms with Gasteiger partial charge in [-0.05, 0) is 24.1 Å². The minimum atomic E-state index is -2.58. The second-order valence-electron chi connectivity index (χ2n) is 5.86. The summed E-state index contributed by atoms with van der Waals surface area (Å²) in [5.74, 6) is 0.415.